The minimum atomic E-state index is -0.998. The Kier molecular flexibility index (Phi) is 9.05. The topological polar surface area (TPSA) is 143 Å². The molecule has 0 unspecified atom stereocenters. The molecule has 0 aliphatic carbocycles. The number of ether oxygens (including phenoxy) is 1. The summed E-state index contributed by atoms with van der Waals surface area (Å²) in [5.74, 6) is -1.74. The van der Waals surface area contributed by atoms with Crippen LogP contribution in [0.15, 0.2) is 61.1 Å². The number of pyridine rings is 2. The van der Waals surface area contributed by atoms with Gasteiger partial charge in [0, 0.05) is 36.9 Å². The number of nitrogens with one attached hydrogen (secondary N) is 3. The van der Waals surface area contributed by atoms with E-state index in [-0.39, 0.29) is 12.3 Å². The molecule has 2 aromatic heterocycles. The normalized spacial score (nSPS) is 24.9. The quantitative estimate of drug-likeness (QED) is 0.382. The van der Waals surface area contributed by atoms with E-state index in [1.165, 1.54) is 5.01 Å². The molecule has 0 radical (unpaired) electrons. The van der Waals surface area contributed by atoms with E-state index in [1.54, 1.807) is 57.6 Å². The number of hydrogen-bond acceptors (Lipinski definition) is 8. The third-order valence-corrected chi connectivity index (χ3v) is 8.04. The lowest BCUT2D eigenvalue weighted by Gasteiger charge is -2.35. The van der Waals surface area contributed by atoms with E-state index in [0.29, 0.717) is 25.1 Å². The van der Waals surface area contributed by atoms with Gasteiger partial charge in [-0.05, 0) is 81.3 Å². The van der Waals surface area contributed by atoms with Gasteiger partial charge in [-0.15, -0.1) is 0 Å². The zero-order valence-electron chi connectivity index (χ0n) is 25.4. The van der Waals surface area contributed by atoms with Crippen molar-refractivity contribution in [3.8, 4) is 0 Å². The van der Waals surface area contributed by atoms with Gasteiger partial charge in [0.1, 0.15) is 24.2 Å². The van der Waals surface area contributed by atoms with E-state index in [2.05, 4.69) is 26.0 Å². The number of rotatable bonds is 2. The van der Waals surface area contributed by atoms with E-state index in [9.17, 15) is 19.2 Å². The van der Waals surface area contributed by atoms with Crippen molar-refractivity contribution in [3.05, 3.63) is 77.9 Å². The van der Waals surface area contributed by atoms with Gasteiger partial charge in [0.25, 0.3) is 5.91 Å². The van der Waals surface area contributed by atoms with Crippen LogP contribution >= 0.6 is 0 Å². The lowest BCUT2D eigenvalue weighted by molar-refractivity contribution is -0.157. The van der Waals surface area contributed by atoms with E-state index >= 15 is 0 Å². The molecule has 230 valence electrons. The number of aromatic nitrogens is 2. The van der Waals surface area contributed by atoms with Crippen LogP contribution in [0.25, 0.3) is 16.8 Å². The maximum atomic E-state index is 13.6. The minimum absolute atomic E-state index is 0.175. The molecule has 5 rings (SSSR count). The smallest absolute Gasteiger partial charge is 0.325 e. The Bertz CT molecular complexity index is 1590. The molecule has 4 atom stereocenters. The average molecular weight is 599 g/mol. The molecule has 11 nitrogen and oxygen atoms in total. The van der Waals surface area contributed by atoms with Crippen LogP contribution in [0.3, 0.4) is 0 Å². The summed E-state index contributed by atoms with van der Waals surface area (Å²) in [4.78, 5) is 62.3. The monoisotopic (exact) mass is 598 g/mol. The molecule has 3 amide bonds. The first kappa shape index (κ1) is 30.8. The van der Waals surface area contributed by atoms with Crippen molar-refractivity contribution >= 4 is 40.5 Å². The molecular weight excluding hydrogens is 560 g/mol. The van der Waals surface area contributed by atoms with E-state index < -0.39 is 47.4 Å². The summed E-state index contributed by atoms with van der Waals surface area (Å²) in [6.45, 7) is 7.27. The van der Waals surface area contributed by atoms with Gasteiger partial charge in [0.05, 0.1) is 11.1 Å². The fraction of sp³-hybridized carbons (Fsp3) is 0.394. The molecule has 11 heteroatoms. The molecule has 2 aliphatic heterocycles. The second-order valence-electron chi connectivity index (χ2n) is 12.0. The number of fused-ring (bicyclic) bond motifs is 4. The van der Waals surface area contributed by atoms with Gasteiger partial charge in [-0.1, -0.05) is 24.3 Å². The van der Waals surface area contributed by atoms with Crippen LogP contribution in [0, 0.1) is 5.41 Å². The second kappa shape index (κ2) is 12.9. The van der Waals surface area contributed by atoms with Gasteiger partial charge in [-0.25, -0.2) is 5.43 Å². The van der Waals surface area contributed by atoms with Crippen molar-refractivity contribution in [1.29, 1.82) is 0 Å². The maximum Gasteiger partial charge on any atom is 0.325 e. The molecular formula is C33H38N6O5. The number of nitrogens with zero attached hydrogens (tertiary/aromatic N) is 3. The molecule has 1 fully saturated rings. The van der Waals surface area contributed by atoms with Crippen LogP contribution in [-0.4, -0.2) is 63.3 Å². The first-order valence-corrected chi connectivity index (χ1v) is 14.9. The van der Waals surface area contributed by atoms with Crippen LogP contribution in [0.2, 0.25) is 0 Å². The lowest BCUT2D eigenvalue weighted by atomic mass is 9.90. The highest BCUT2D eigenvalue weighted by molar-refractivity contribution is 5.94. The van der Waals surface area contributed by atoms with E-state index in [1.807, 2.05) is 37.3 Å². The van der Waals surface area contributed by atoms with Crippen LogP contribution in [0.4, 0.5) is 0 Å². The van der Waals surface area contributed by atoms with Crippen molar-refractivity contribution in [2.24, 2.45) is 5.41 Å². The minimum Gasteiger partial charge on any atom is -0.457 e. The fourth-order valence-electron chi connectivity index (χ4n) is 5.25. The molecule has 5 bridgehead atoms. The van der Waals surface area contributed by atoms with Crippen LogP contribution < -0.4 is 16.1 Å². The molecule has 1 saturated heterocycles. The number of hydrogen-bond donors (Lipinski definition) is 3. The Labute approximate surface area is 256 Å². The molecule has 0 saturated carbocycles. The highest BCUT2D eigenvalue weighted by atomic mass is 16.5. The Morgan fingerprint density at radius 1 is 1.02 bits per heavy atom. The Balaban J connectivity index is 1.49. The van der Waals surface area contributed by atoms with Gasteiger partial charge < -0.3 is 15.4 Å². The second-order valence-corrected chi connectivity index (χ2v) is 12.0. The summed E-state index contributed by atoms with van der Waals surface area (Å²) in [6, 6.07) is 8.65. The van der Waals surface area contributed by atoms with Gasteiger partial charge in [0.2, 0.25) is 11.8 Å². The van der Waals surface area contributed by atoms with Crippen LogP contribution in [0.1, 0.15) is 63.5 Å². The molecule has 4 heterocycles. The number of carbonyl (C=O) groups excluding carboxylic acids is 4. The van der Waals surface area contributed by atoms with Gasteiger partial charge >= 0.3 is 5.97 Å². The van der Waals surface area contributed by atoms with Gasteiger partial charge in [-0.3, -0.25) is 34.2 Å². The fourth-order valence-corrected chi connectivity index (χ4v) is 5.25. The predicted octanol–water partition coefficient (Wildman–Crippen LogP) is 3.01. The number of esters is 1. The summed E-state index contributed by atoms with van der Waals surface area (Å²) in [7, 11) is 0. The maximum absolute atomic E-state index is 13.6. The largest absolute Gasteiger partial charge is 0.457 e. The van der Waals surface area contributed by atoms with Crippen molar-refractivity contribution in [2.45, 2.75) is 71.2 Å². The average Bonchev–Trinajstić information content (AvgIpc) is 3.02. The number of benzene rings is 1. The number of amides is 3. The summed E-state index contributed by atoms with van der Waals surface area (Å²) in [5.41, 5.74) is 4.21. The van der Waals surface area contributed by atoms with Crippen LogP contribution in [-0.2, 0) is 30.3 Å². The number of hydrazine groups is 1. The Hall–Kier alpha value is -4.64. The molecule has 3 N–H and O–H groups in total. The van der Waals surface area contributed by atoms with Crippen molar-refractivity contribution in [2.75, 3.05) is 6.54 Å². The Morgan fingerprint density at radius 3 is 2.61 bits per heavy atom. The standard InChI is InChI=1S/C33H38N6O5/c1-20-30(41)39-14-6-8-27(38-39)31(42)44-21(2)23-9-10-24-19-35-26(17-25(24)16-23)11-12-33(3,4)32(43)37-28(29(40)36-20)15-22-7-5-13-34-18-22/h5,7,9-13,16-21,27-28,38H,6,8,14-15H2,1-4H3,(H,36,40)(H,37,43)/t20-,21+,27-,28-/m0/s1. The molecule has 0 spiro atoms. The summed E-state index contributed by atoms with van der Waals surface area (Å²) in [6.07, 6.45) is 9.27. The summed E-state index contributed by atoms with van der Waals surface area (Å²) >= 11 is 0. The highest BCUT2D eigenvalue weighted by Crippen LogP contribution is 2.26. The molecule has 44 heavy (non-hydrogen) atoms. The predicted molar refractivity (Wildman–Crippen MR) is 164 cm³/mol. The summed E-state index contributed by atoms with van der Waals surface area (Å²) in [5, 5.41) is 8.83. The van der Waals surface area contributed by atoms with Crippen molar-refractivity contribution in [3.63, 3.8) is 0 Å². The third kappa shape index (κ3) is 7.11. The van der Waals surface area contributed by atoms with Gasteiger partial charge in [0.15, 0.2) is 0 Å². The van der Waals surface area contributed by atoms with Crippen molar-refractivity contribution < 1.29 is 23.9 Å². The van der Waals surface area contributed by atoms with Crippen molar-refractivity contribution in [1.82, 2.24) is 31.0 Å². The molecule has 3 aromatic rings. The SMILES string of the molecule is C[C@@H]1NC(=O)[C@H](Cc2cccnc2)NC(=O)C(C)(C)C=Cc2cc3cc(ccc3cn2)[C@@H](C)OC(=O)[C@@H]2CCCN(N2)C1=O. The zero-order chi connectivity index (χ0) is 31.4. The first-order valence-electron chi connectivity index (χ1n) is 14.9. The third-order valence-electron chi connectivity index (χ3n) is 8.04. The van der Waals surface area contributed by atoms with E-state index in [0.717, 1.165) is 21.9 Å². The number of carbonyl (C=O) groups is 4. The summed E-state index contributed by atoms with van der Waals surface area (Å²) < 4.78 is 5.82. The highest BCUT2D eigenvalue weighted by Gasteiger charge is 2.34. The lowest BCUT2D eigenvalue weighted by Crippen LogP contribution is -2.61. The first-order chi connectivity index (χ1) is 21.0. The number of cyclic esters (lactones) is 1. The Morgan fingerprint density at radius 2 is 1.84 bits per heavy atom. The zero-order valence-corrected chi connectivity index (χ0v) is 25.4. The molecule has 1 aromatic carbocycles. The van der Waals surface area contributed by atoms with Crippen LogP contribution in [0.5, 0.6) is 0 Å². The van der Waals surface area contributed by atoms with E-state index in [4.69, 9.17) is 4.74 Å². The van der Waals surface area contributed by atoms with Gasteiger partial charge in [-0.2, -0.15) is 0 Å². The molecule has 2 aliphatic rings.